The maximum absolute atomic E-state index is 13.4. The van der Waals surface area contributed by atoms with E-state index in [9.17, 15) is 31.9 Å². The van der Waals surface area contributed by atoms with Crippen molar-refractivity contribution >= 4 is 11.9 Å². The van der Waals surface area contributed by atoms with Crippen LogP contribution in [0.1, 0.15) is 43.2 Å². The molecule has 1 aromatic heterocycles. The summed E-state index contributed by atoms with van der Waals surface area (Å²) in [6.45, 7) is 2.13. The second-order valence-corrected chi connectivity index (χ2v) is 8.27. The van der Waals surface area contributed by atoms with Gasteiger partial charge < -0.3 is 14.2 Å². The normalized spacial score (nSPS) is 15.7. The van der Waals surface area contributed by atoms with Crippen LogP contribution in [0.25, 0.3) is 0 Å². The van der Waals surface area contributed by atoms with Gasteiger partial charge in [-0.2, -0.15) is 13.2 Å². The number of hydrogen-bond donors (Lipinski definition) is 0. The summed E-state index contributed by atoms with van der Waals surface area (Å²) in [5.41, 5.74) is -0.892. The molecule has 1 aliphatic rings. The Morgan fingerprint density at radius 2 is 1.74 bits per heavy atom. The zero-order chi connectivity index (χ0) is 24.9. The zero-order valence-corrected chi connectivity index (χ0v) is 18.7. The lowest BCUT2D eigenvalue weighted by Gasteiger charge is -2.36. The lowest BCUT2D eigenvalue weighted by atomic mass is 9.78. The van der Waals surface area contributed by atoms with Crippen molar-refractivity contribution in [3.05, 3.63) is 69.9 Å². The van der Waals surface area contributed by atoms with Gasteiger partial charge in [0, 0.05) is 25.4 Å². The molecule has 34 heavy (non-hydrogen) atoms. The van der Waals surface area contributed by atoms with E-state index in [2.05, 4.69) is 0 Å². The minimum atomic E-state index is -4.62. The summed E-state index contributed by atoms with van der Waals surface area (Å²) >= 11 is 0. The Hall–Kier alpha value is -3.17. The van der Waals surface area contributed by atoms with Gasteiger partial charge in [-0.05, 0) is 55.4 Å². The number of hydrogen-bond acceptors (Lipinski definition) is 4. The van der Waals surface area contributed by atoms with E-state index in [0.717, 1.165) is 16.2 Å². The number of nitrogens with zero attached hydrogens (tertiary/aromatic N) is 2. The molecule has 184 valence electrons. The smallest absolute Gasteiger partial charge is 0.417 e. The van der Waals surface area contributed by atoms with Crippen LogP contribution < -0.4 is 5.56 Å². The van der Waals surface area contributed by atoms with Crippen LogP contribution in [-0.2, 0) is 27.0 Å². The summed E-state index contributed by atoms with van der Waals surface area (Å²) < 4.78 is 58.1. The number of amides is 1. The molecule has 3 rings (SSSR count). The number of ether oxygens (including phenoxy) is 1. The van der Waals surface area contributed by atoms with Gasteiger partial charge in [0.25, 0.3) is 5.56 Å². The zero-order valence-electron chi connectivity index (χ0n) is 18.7. The topological polar surface area (TPSA) is 68.6 Å². The second kappa shape index (κ2) is 10.8. The van der Waals surface area contributed by atoms with Gasteiger partial charge in [0.05, 0.1) is 18.6 Å². The largest absolute Gasteiger partial charge is 0.466 e. The van der Waals surface area contributed by atoms with Crippen molar-refractivity contribution in [2.45, 2.75) is 44.8 Å². The highest BCUT2D eigenvalue weighted by atomic mass is 19.4. The molecule has 0 N–H and O–H groups in total. The van der Waals surface area contributed by atoms with Crippen LogP contribution in [0.2, 0.25) is 0 Å². The number of aromatic nitrogens is 1. The van der Waals surface area contributed by atoms with Crippen molar-refractivity contribution < 1.29 is 31.9 Å². The summed E-state index contributed by atoms with van der Waals surface area (Å²) in [4.78, 5) is 38.3. The van der Waals surface area contributed by atoms with Crippen LogP contribution in [0.15, 0.2) is 47.4 Å². The van der Waals surface area contributed by atoms with Crippen molar-refractivity contribution in [1.29, 1.82) is 0 Å². The fourth-order valence-corrected chi connectivity index (χ4v) is 4.29. The quantitative estimate of drug-likeness (QED) is 0.442. The first kappa shape index (κ1) is 25.5. The highest BCUT2D eigenvalue weighted by molar-refractivity contribution is 5.76. The first-order valence-corrected chi connectivity index (χ1v) is 11.0. The molecule has 2 aromatic rings. The van der Waals surface area contributed by atoms with Crippen LogP contribution in [-0.4, -0.2) is 41.0 Å². The molecule has 1 amide bonds. The molecule has 0 aliphatic carbocycles. The van der Waals surface area contributed by atoms with Gasteiger partial charge in [-0.25, -0.2) is 4.39 Å². The van der Waals surface area contributed by atoms with E-state index in [4.69, 9.17) is 4.74 Å². The number of carbonyl (C=O) groups is 2. The fraction of sp³-hybridized carbons (Fsp3) is 0.458. The Kier molecular flexibility index (Phi) is 8.11. The van der Waals surface area contributed by atoms with Crippen LogP contribution in [0, 0.1) is 11.7 Å². The fourth-order valence-electron chi connectivity index (χ4n) is 4.29. The standard InChI is InChI=1S/C24H26F4N2O4/c1-2-34-23(33)13-20(16-3-6-19(25)7-4-16)17-9-11-29(12-10-17)22(32)15-30-14-18(24(26,27)28)5-8-21(30)31/h3-8,14,17,20H,2,9-13,15H2,1H3. The number of alkyl halides is 3. The maximum atomic E-state index is 13.4. The molecular weight excluding hydrogens is 456 g/mol. The predicted molar refractivity (Wildman–Crippen MR) is 115 cm³/mol. The van der Waals surface area contributed by atoms with Crippen molar-refractivity contribution in [3.8, 4) is 0 Å². The lowest BCUT2D eigenvalue weighted by Crippen LogP contribution is -2.42. The summed E-state index contributed by atoms with van der Waals surface area (Å²) in [7, 11) is 0. The van der Waals surface area contributed by atoms with E-state index in [1.54, 1.807) is 19.1 Å². The number of halogens is 4. The molecule has 1 aliphatic heterocycles. The van der Waals surface area contributed by atoms with Gasteiger partial charge in [-0.3, -0.25) is 14.4 Å². The summed E-state index contributed by atoms with van der Waals surface area (Å²) in [6.07, 6.45) is -2.75. The van der Waals surface area contributed by atoms with E-state index >= 15 is 0 Å². The first-order valence-electron chi connectivity index (χ1n) is 11.0. The molecule has 1 aromatic carbocycles. The molecule has 0 bridgehead atoms. The molecular formula is C24H26F4N2O4. The van der Waals surface area contributed by atoms with E-state index < -0.39 is 29.8 Å². The van der Waals surface area contributed by atoms with Gasteiger partial charge in [0.1, 0.15) is 12.4 Å². The molecule has 2 heterocycles. The maximum Gasteiger partial charge on any atom is 0.417 e. The van der Waals surface area contributed by atoms with Crippen LogP contribution in [0.4, 0.5) is 17.6 Å². The van der Waals surface area contributed by atoms with E-state index in [0.29, 0.717) is 38.2 Å². The Balaban J connectivity index is 1.67. The van der Waals surface area contributed by atoms with Crippen molar-refractivity contribution in [1.82, 2.24) is 9.47 Å². The van der Waals surface area contributed by atoms with Crippen molar-refractivity contribution in [2.75, 3.05) is 19.7 Å². The number of pyridine rings is 1. The van der Waals surface area contributed by atoms with E-state index in [1.165, 1.54) is 17.0 Å². The third-order valence-electron chi connectivity index (χ3n) is 6.07. The average molecular weight is 482 g/mol. The molecule has 1 unspecified atom stereocenters. The van der Waals surface area contributed by atoms with Gasteiger partial charge >= 0.3 is 12.1 Å². The molecule has 6 nitrogen and oxygen atoms in total. The monoisotopic (exact) mass is 482 g/mol. The lowest BCUT2D eigenvalue weighted by molar-refractivity contribution is -0.144. The second-order valence-electron chi connectivity index (χ2n) is 8.27. The molecule has 1 fully saturated rings. The number of piperidine rings is 1. The Morgan fingerprint density at radius 1 is 1.09 bits per heavy atom. The van der Waals surface area contributed by atoms with Gasteiger partial charge in [-0.15, -0.1) is 0 Å². The first-order chi connectivity index (χ1) is 16.1. The Morgan fingerprint density at radius 3 is 2.32 bits per heavy atom. The molecule has 0 saturated carbocycles. The highest BCUT2D eigenvalue weighted by Crippen LogP contribution is 2.36. The average Bonchev–Trinajstić information content (AvgIpc) is 2.79. The minimum absolute atomic E-state index is 0.0233. The molecule has 1 atom stereocenters. The molecule has 0 radical (unpaired) electrons. The van der Waals surface area contributed by atoms with E-state index in [-0.39, 0.29) is 36.7 Å². The number of carbonyl (C=O) groups excluding carboxylic acids is 2. The summed E-state index contributed by atoms with van der Waals surface area (Å²) in [6, 6.07) is 7.42. The van der Waals surface area contributed by atoms with Crippen LogP contribution in [0.3, 0.4) is 0 Å². The van der Waals surface area contributed by atoms with Crippen molar-refractivity contribution in [2.24, 2.45) is 5.92 Å². The number of rotatable bonds is 7. The summed E-state index contributed by atoms with van der Waals surface area (Å²) in [5.74, 6) is -1.40. The molecule has 1 saturated heterocycles. The molecule has 10 heteroatoms. The van der Waals surface area contributed by atoms with Crippen molar-refractivity contribution in [3.63, 3.8) is 0 Å². The van der Waals surface area contributed by atoms with Crippen LogP contribution in [0.5, 0.6) is 0 Å². The van der Waals surface area contributed by atoms with Crippen LogP contribution >= 0.6 is 0 Å². The highest BCUT2D eigenvalue weighted by Gasteiger charge is 2.33. The number of benzene rings is 1. The third-order valence-corrected chi connectivity index (χ3v) is 6.07. The molecule has 0 spiro atoms. The number of esters is 1. The summed E-state index contributed by atoms with van der Waals surface area (Å²) in [5, 5.41) is 0. The van der Waals surface area contributed by atoms with Gasteiger partial charge in [-0.1, -0.05) is 12.1 Å². The van der Waals surface area contributed by atoms with Gasteiger partial charge in [0.15, 0.2) is 0 Å². The third kappa shape index (κ3) is 6.45. The predicted octanol–water partition coefficient (Wildman–Crippen LogP) is 3.98. The minimum Gasteiger partial charge on any atom is -0.466 e. The Bertz CT molecular complexity index is 1060. The SMILES string of the molecule is CCOC(=O)CC(c1ccc(F)cc1)C1CCN(C(=O)Cn2cc(C(F)(F)F)ccc2=O)CC1. The van der Waals surface area contributed by atoms with Gasteiger partial charge in [0.2, 0.25) is 5.91 Å². The number of likely N-dealkylation sites (tertiary alicyclic amines) is 1. The Labute approximate surface area is 194 Å². The van der Waals surface area contributed by atoms with E-state index in [1.807, 2.05) is 0 Å².